The molecule has 6 heteroatoms. The SMILES string of the molecule is N#CC1(NC(=O)COC(=O)c2ccccc2O)CCCCC1. The minimum atomic E-state index is -0.851. The number of carbonyl (C=O) groups excluding carboxylic acids is 2. The Morgan fingerprint density at radius 3 is 2.59 bits per heavy atom. The van der Waals surface area contributed by atoms with Gasteiger partial charge >= 0.3 is 5.97 Å². The van der Waals surface area contributed by atoms with Gasteiger partial charge in [0.1, 0.15) is 16.9 Å². The predicted molar refractivity (Wildman–Crippen MR) is 78.0 cm³/mol. The normalized spacial score (nSPS) is 16.3. The van der Waals surface area contributed by atoms with Crippen molar-refractivity contribution in [3.8, 4) is 11.8 Å². The number of esters is 1. The molecule has 0 atom stereocenters. The summed E-state index contributed by atoms with van der Waals surface area (Å²) < 4.78 is 4.88. The van der Waals surface area contributed by atoms with Crippen molar-refractivity contribution in [2.24, 2.45) is 0 Å². The number of benzene rings is 1. The van der Waals surface area contributed by atoms with E-state index in [1.54, 1.807) is 12.1 Å². The molecule has 0 bridgehead atoms. The van der Waals surface area contributed by atoms with Crippen molar-refractivity contribution in [2.75, 3.05) is 6.61 Å². The predicted octanol–water partition coefficient (Wildman–Crippen LogP) is 1.89. The van der Waals surface area contributed by atoms with E-state index in [1.165, 1.54) is 12.1 Å². The number of hydrogen-bond acceptors (Lipinski definition) is 5. The van der Waals surface area contributed by atoms with Gasteiger partial charge in [-0.3, -0.25) is 4.79 Å². The van der Waals surface area contributed by atoms with Gasteiger partial charge in [-0.05, 0) is 25.0 Å². The van der Waals surface area contributed by atoms with Gasteiger partial charge in [0, 0.05) is 0 Å². The Bertz CT molecular complexity index is 600. The van der Waals surface area contributed by atoms with Gasteiger partial charge in [0.15, 0.2) is 6.61 Å². The lowest BCUT2D eigenvalue weighted by Crippen LogP contribution is -2.50. The largest absolute Gasteiger partial charge is 0.507 e. The smallest absolute Gasteiger partial charge is 0.342 e. The number of nitrogens with one attached hydrogen (secondary N) is 1. The van der Waals surface area contributed by atoms with E-state index < -0.39 is 24.0 Å². The number of para-hydroxylation sites is 1. The molecule has 0 aliphatic heterocycles. The average Bonchev–Trinajstić information content (AvgIpc) is 2.54. The molecule has 0 saturated heterocycles. The molecular formula is C16H18N2O4. The molecular weight excluding hydrogens is 284 g/mol. The number of rotatable bonds is 4. The Morgan fingerprint density at radius 1 is 1.27 bits per heavy atom. The summed E-state index contributed by atoms with van der Waals surface area (Å²) in [5.41, 5.74) is -0.848. The van der Waals surface area contributed by atoms with E-state index in [2.05, 4.69) is 11.4 Å². The Morgan fingerprint density at radius 2 is 1.95 bits per heavy atom. The number of ether oxygens (including phenoxy) is 1. The molecule has 1 aromatic rings. The summed E-state index contributed by atoms with van der Waals surface area (Å²) in [5.74, 6) is -1.48. The van der Waals surface area contributed by atoms with Crippen LogP contribution in [0.2, 0.25) is 0 Å². The van der Waals surface area contributed by atoms with Gasteiger partial charge in [0.25, 0.3) is 5.91 Å². The van der Waals surface area contributed by atoms with E-state index in [4.69, 9.17) is 4.74 Å². The summed E-state index contributed by atoms with van der Waals surface area (Å²) in [6, 6.07) is 8.11. The number of aromatic hydroxyl groups is 1. The lowest BCUT2D eigenvalue weighted by molar-refractivity contribution is -0.125. The Hall–Kier alpha value is -2.55. The third-order valence-electron chi connectivity index (χ3n) is 3.76. The molecule has 1 aliphatic rings. The number of nitrogens with zero attached hydrogens (tertiary/aromatic N) is 1. The number of carbonyl (C=O) groups is 2. The molecule has 1 amide bonds. The van der Waals surface area contributed by atoms with Crippen molar-refractivity contribution < 1.29 is 19.4 Å². The summed E-state index contributed by atoms with van der Waals surface area (Å²) in [6.07, 6.45) is 4.07. The van der Waals surface area contributed by atoms with E-state index in [0.29, 0.717) is 12.8 Å². The van der Waals surface area contributed by atoms with Gasteiger partial charge in [-0.25, -0.2) is 4.79 Å². The van der Waals surface area contributed by atoms with Gasteiger partial charge in [-0.2, -0.15) is 5.26 Å². The molecule has 116 valence electrons. The van der Waals surface area contributed by atoms with Crippen molar-refractivity contribution in [1.82, 2.24) is 5.32 Å². The molecule has 1 fully saturated rings. The number of phenols is 1. The van der Waals surface area contributed by atoms with E-state index in [-0.39, 0.29) is 11.3 Å². The van der Waals surface area contributed by atoms with Crippen LogP contribution in [0.1, 0.15) is 42.5 Å². The molecule has 0 radical (unpaired) electrons. The molecule has 22 heavy (non-hydrogen) atoms. The highest BCUT2D eigenvalue weighted by Crippen LogP contribution is 2.27. The maximum atomic E-state index is 11.9. The lowest BCUT2D eigenvalue weighted by Gasteiger charge is -2.31. The topological polar surface area (TPSA) is 99.4 Å². The van der Waals surface area contributed by atoms with Gasteiger partial charge < -0.3 is 15.2 Å². The van der Waals surface area contributed by atoms with E-state index in [0.717, 1.165) is 19.3 Å². The second-order valence-corrected chi connectivity index (χ2v) is 5.40. The van der Waals surface area contributed by atoms with Crippen molar-refractivity contribution in [1.29, 1.82) is 5.26 Å². The van der Waals surface area contributed by atoms with Crippen LogP contribution in [-0.4, -0.2) is 29.1 Å². The molecule has 0 spiro atoms. The van der Waals surface area contributed by atoms with Crippen LogP contribution in [0.5, 0.6) is 5.75 Å². The first-order chi connectivity index (χ1) is 10.6. The van der Waals surface area contributed by atoms with E-state index in [9.17, 15) is 20.0 Å². The first kappa shape index (κ1) is 15.8. The molecule has 1 aromatic carbocycles. The maximum absolute atomic E-state index is 11.9. The van der Waals surface area contributed by atoms with Crippen LogP contribution in [0, 0.1) is 11.3 Å². The third kappa shape index (κ3) is 3.76. The molecule has 1 saturated carbocycles. The van der Waals surface area contributed by atoms with Crippen LogP contribution >= 0.6 is 0 Å². The molecule has 6 nitrogen and oxygen atoms in total. The van der Waals surface area contributed by atoms with Gasteiger partial charge in [-0.1, -0.05) is 31.4 Å². The highest BCUT2D eigenvalue weighted by Gasteiger charge is 2.33. The first-order valence-corrected chi connectivity index (χ1v) is 7.24. The van der Waals surface area contributed by atoms with Crippen LogP contribution in [-0.2, 0) is 9.53 Å². The number of amides is 1. The monoisotopic (exact) mass is 302 g/mol. The zero-order valence-corrected chi connectivity index (χ0v) is 12.2. The maximum Gasteiger partial charge on any atom is 0.342 e. The van der Waals surface area contributed by atoms with Crippen LogP contribution in [0.15, 0.2) is 24.3 Å². The van der Waals surface area contributed by atoms with Gasteiger partial charge in [-0.15, -0.1) is 0 Å². The van der Waals surface area contributed by atoms with Crippen LogP contribution in [0.4, 0.5) is 0 Å². The van der Waals surface area contributed by atoms with Crippen molar-refractivity contribution in [3.63, 3.8) is 0 Å². The van der Waals surface area contributed by atoms with Crippen molar-refractivity contribution in [2.45, 2.75) is 37.6 Å². The molecule has 2 N–H and O–H groups in total. The Kier molecular flexibility index (Phi) is 4.99. The summed E-state index contributed by atoms with van der Waals surface area (Å²) >= 11 is 0. The van der Waals surface area contributed by atoms with Gasteiger partial charge in [0.05, 0.1) is 6.07 Å². The summed E-state index contributed by atoms with van der Waals surface area (Å²) in [6.45, 7) is -0.476. The van der Waals surface area contributed by atoms with Crippen molar-refractivity contribution >= 4 is 11.9 Å². The second kappa shape index (κ2) is 6.94. The van der Waals surface area contributed by atoms with Gasteiger partial charge in [0.2, 0.25) is 0 Å². The number of hydrogen-bond donors (Lipinski definition) is 2. The number of phenolic OH excluding ortho intramolecular Hbond substituents is 1. The number of nitriles is 1. The van der Waals surface area contributed by atoms with Crippen LogP contribution < -0.4 is 5.32 Å². The van der Waals surface area contributed by atoms with Crippen LogP contribution in [0.25, 0.3) is 0 Å². The molecule has 0 aromatic heterocycles. The zero-order chi connectivity index (χ0) is 16.0. The molecule has 2 rings (SSSR count). The minimum Gasteiger partial charge on any atom is -0.507 e. The second-order valence-electron chi connectivity index (χ2n) is 5.40. The fourth-order valence-corrected chi connectivity index (χ4v) is 2.58. The third-order valence-corrected chi connectivity index (χ3v) is 3.76. The fourth-order valence-electron chi connectivity index (χ4n) is 2.58. The van der Waals surface area contributed by atoms with E-state index in [1.807, 2.05) is 0 Å². The fraction of sp³-hybridized carbons (Fsp3) is 0.438. The molecule has 1 aliphatic carbocycles. The quantitative estimate of drug-likeness (QED) is 0.827. The molecule has 0 unspecified atom stereocenters. The molecule has 0 heterocycles. The van der Waals surface area contributed by atoms with Crippen molar-refractivity contribution in [3.05, 3.63) is 29.8 Å². The Balaban J connectivity index is 1.89. The minimum absolute atomic E-state index is 0.00274. The average molecular weight is 302 g/mol. The summed E-state index contributed by atoms with van der Waals surface area (Å²) in [5, 5.41) is 21.5. The van der Waals surface area contributed by atoms with E-state index >= 15 is 0 Å². The summed E-state index contributed by atoms with van der Waals surface area (Å²) in [4.78, 5) is 23.7. The Labute approximate surface area is 128 Å². The highest BCUT2D eigenvalue weighted by atomic mass is 16.5. The zero-order valence-electron chi connectivity index (χ0n) is 12.2. The van der Waals surface area contributed by atoms with Crippen LogP contribution in [0.3, 0.4) is 0 Å². The lowest BCUT2D eigenvalue weighted by atomic mass is 9.83. The first-order valence-electron chi connectivity index (χ1n) is 7.24. The summed E-state index contributed by atoms with van der Waals surface area (Å²) in [7, 11) is 0. The highest BCUT2D eigenvalue weighted by molar-refractivity contribution is 5.93. The standard InChI is InChI=1S/C16H18N2O4/c17-11-16(8-4-1-5-9-16)18-14(20)10-22-15(21)12-6-2-3-7-13(12)19/h2-3,6-7,19H,1,4-5,8-10H2,(H,18,20).